The fourth-order valence-electron chi connectivity index (χ4n) is 8.71. The predicted molar refractivity (Wildman–Crippen MR) is 283 cm³/mol. The van der Waals surface area contributed by atoms with Gasteiger partial charge in [0.25, 0.3) is 0 Å². The van der Waals surface area contributed by atoms with E-state index in [0.717, 1.165) is 20.8 Å². The second-order valence-corrected chi connectivity index (χ2v) is 19.2. The number of carboxylic acids is 1. The first kappa shape index (κ1) is 72.4. The molecule has 3 aliphatic rings. The number of carbonyl (C=O) groups is 10. The number of esters is 9. The minimum absolute atomic E-state index is 0.0250. The first-order chi connectivity index (χ1) is 41.4. The summed E-state index contributed by atoms with van der Waals surface area (Å²) in [6.07, 6.45) is -12.6. The Morgan fingerprint density at radius 1 is 0.379 bits per heavy atom. The molecule has 0 aliphatic carbocycles. The van der Waals surface area contributed by atoms with Gasteiger partial charge in [-0.2, -0.15) is 0 Å². The van der Waals surface area contributed by atoms with E-state index in [4.69, 9.17) is 99.5 Å². The number of carbonyl (C=O) groups excluding carboxylic acids is 9. The quantitative estimate of drug-likeness (QED) is 0.0556. The van der Waals surface area contributed by atoms with Crippen molar-refractivity contribution in [2.45, 2.75) is 155 Å². The van der Waals surface area contributed by atoms with Crippen LogP contribution in [0.25, 0.3) is 0 Å². The summed E-state index contributed by atoms with van der Waals surface area (Å²) in [5, 5.41) is 10.1. The average molecular weight is 1250 g/mol. The van der Waals surface area contributed by atoms with E-state index in [2.05, 4.69) is 0 Å². The van der Waals surface area contributed by atoms with Crippen LogP contribution in [0.4, 0.5) is 0 Å². The molecule has 1 aromatic rings. The number of hydrogen-bond acceptors (Lipinski definition) is 31. The van der Waals surface area contributed by atoms with Crippen LogP contribution in [0.2, 0.25) is 0 Å². The standard InChI is InChI=1S/C55H78O32/c1-30(56)76-27-45-52(82-36(7)62)42(79-33(4)59)24-48(85-45)72-18-12-67-10-16-70-40-22-39(55(65)66)23-41(71-17-11-68-13-19-73-49-25-43(80-34(5)60)53(83-37(8)63)46(86-49)28-77-31(2)57)51(40)75-21-15-69-14-20-74-50-26-44(81-35(6)61)54(84-38(9)64)47(87-50)29-78-32(3)58/h22-23,42-50,52-54H,10-21,24-29H2,1-9H3,(H,65,66)/t42-,43-,44-,45-,46-,47-,48-,49-,50-,52-,53-,54-/m1/s1. The number of benzene rings is 1. The lowest BCUT2D eigenvalue weighted by Gasteiger charge is -2.39. The van der Waals surface area contributed by atoms with Crippen molar-refractivity contribution in [1.29, 1.82) is 0 Å². The monoisotopic (exact) mass is 1250 g/mol. The number of rotatable bonds is 37. The van der Waals surface area contributed by atoms with Crippen molar-refractivity contribution in [2.75, 3.05) is 99.1 Å². The molecule has 0 unspecified atom stereocenters. The van der Waals surface area contributed by atoms with Gasteiger partial charge in [0.15, 0.2) is 48.7 Å². The van der Waals surface area contributed by atoms with E-state index in [9.17, 15) is 53.1 Å². The number of ether oxygens (including phenoxy) is 21. The zero-order valence-corrected chi connectivity index (χ0v) is 49.9. The zero-order valence-electron chi connectivity index (χ0n) is 49.9. The molecule has 1 aromatic carbocycles. The molecule has 0 radical (unpaired) electrons. The van der Waals surface area contributed by atoms with Crippen molar-refractivity contribution >= 4 is 59.7 Å². The summed E-state index contributed by atoms with van der Waals surface area (Å²) >= 11 is 0. The summed E-state index contributed by atoms with van der Waals surface area (Å²) in [5.74, 6) is -7.41. The topological polar surface area (TPSA) is 385 Å². The molecule has 3 heterocycles. The second-order valence-electron chi connectivity index (χ2n) is 19.2. The second kappa shape index (κ2) is 38.3. The van der Waals surface area contributed by atoms with Crippen molar-refractivity contribution in [3.05, 3.63) is 17.7 Å². The van der Waals surface area contributed by atoms with Crippen LogP contribution in [0.3, 0.4) is 0 Å². The van der Waals surface area contributed by atoms with Crippen LogP contribution >= 0.6 is 0 Å². The Hall–Kier alpha value is -7.04. The van der Waals surface area contributed by atoms with Gasteiger partial charge in [0, 0.05) is 81.6 Å². The van der Waals surface area contributed by atoms with Crippen LogP contribution in [0.1, 0.15) is 91.9 Å². The third kappa shape index (κ3) is 27.7. The smallest absolute Gasteiger partial charge is 0.335 e. The minimum Gasteiger partial charge on any atom is -0.487 e. The van der Waals surface area contributed by atoms with Gasteiger partial charge in [0.1, 0.15) is 76.3 Å². The summed E-state index contributed by atoms with van der Waals surface area (Å²) in [5.41, 5.74) is -0.246. The van der Waals surface area contributed by atoms with Crippen molar-refractivity contribution < 1.29 is 153 Å². The number of aromatic carboxylic acids is 1. The lowest BCUT2D eigenvalue weighted by molar-refractivity contribution is -0.267. The fraction of sp³-hybridized carbons (Fsp3) is 0.709. The maximum atomic E-state index is 12.4. The number of carboxylic acid groups (broad SMARTS) is 1. The van der Waals surface area contributed by atoms with Crippen molar-refractivity contribution in [3.8, 4) is 17.2 Å². The van der Waals surface area contributed by atoms with Gasteiger partial charge in [-0.1, -0.05) is 0 Å². The van der Waals surface area contributed by atoms with E-state index in [1.807, 2.05) is 0 Å². The van der Waals surface area contributed by atoms with E-state index < -0.39 is 133 Å². The molecule has 3 fully saturated rings. The van der Waals surface area contributed by atoms with Crippen LogP contribution in [-0.4, -0.2) is 238 Å². The first-order valence-corrected chi connectivity index (χ1v) is 27.7. The van der Waals surface area contributed by atoms with Gasteiger partial charge in [0.2, 0.25) is 5.75 Å². The Labute approximate surface area is 500 Å². The predicted octanol–water partition coefficient (Wildman–Crippen LogP) is 1.25. The summed E-state index contributed by atoms with van der Waals surface area (Å²) < 4.78 is 118. The third-order valence-corrected chi connectivity index (χ3v) is 12.0. The first-order valence-electron chi connectivity index (χ1n) is 27.7. The zero-order chi connectivity index (χ0) is 64.0. The lowest BCUT2D eigenvalue weighted by atomic mass is 10.0. The number of hydrogen-bond donors (Lipinski definition) is 1. The molecule has 0 aromatic heterocycles. The third-order valence-electron chi connectivity index (χ3n) is 12.0. The van der Waals surface area contributed by atoms with Gasteiger partial charge in [0.05, 0.1) is 65.0 Å². The van der Waals surface area contributed by atoms with Crippen LogP contribution < -0.4 is 14.2 Å². The molecule has 3 aliphatic heterocycles. The summed E-state index contributed by atoms with van der Waals surface area (Å²) in [4.78, 5) is 119. The van der Waals surface area contributed by atoms with Gasteiger partial charge in [-0.25, -0.2) is 4.79 Å². The van der Waals surface area contributed by atoms with Crippen molar-refractivity contribution in [2.24, 2.45) is 0 Å². The molecule has 0 bridgehead atoms. The summed E-state index contributed by atoms with van der Waals surface area (Å²) in [7, 11) is 0. The molecule has 87 heavy (non-hydrogen) atoms. The Bertz CT molecular complexity index is 2300. The SMILES string of the molecule is CC(=O)OC[C@H]1O[C@@H](OCCOCCOc2cc(C(=O)O)cc(OCCOCCO[C@H]3C[C@@H](OC(C)=O)[C@@H](OC(C)=O)[C@@H](COC(C)=O)O3)c2OCCOCCO[C@H]2C[C@@H](OC(C)=O)[C@@H](OC(C)=O)[C@@H](COC(C)=O)O2)C[C@@H](OC(C)=O)[C@H]1OC(C)=O. The normalized spacial score (nSPS) is 24.2. The maximum Gasteiger partial charge on any atom is 0.335 e. The molecular weight excluding hydrogens is 1170 g/mol. The van der Waals surface area contributed by atoms with Gasteiger partial charge in [-0.15, -0.1) is 0 Å². The van der Waals surface area contributed by atoms with E-state index >= 15 is 0 Å². The molecule has 490 valence electrons. The Balaban J connectivity index is 1.39. The Morgan fingerprint density at radius 2 is 0.655 bits per heavy atom. The highest BCUT2D eigenvalue weighted by Crippen LogP contribution is 2.39. The van der Waals surface area contributed by atoms with E-state index in [-0.39, 0.29) is 141 Å². The molecule has 32 heteroatoms. The molecule has 0 spiro atoms. The molecule has 0 saturated carbocycles. The molecule has 12 atom stereocenters. The summed E-state index contributed by atoms with van der Waals surface area (Å²) in [6, 6.07) is 2.42. The van der Waals surface area contributed by atoms with E-state index in [1.165, 1.54) is 53.7 Å². The average Bonchev–Trinajstić information content (AvgIpc) is 3.37. The molecule has 0 amide bonds. The van der Waals surface area contributed by atoms with Crippen LogP contribution in [-0.2, 0) is 128 Å². The van der Waals surface area contributed by atoms with Crippen molar-refractivity contribution in [3.63, 3.8) is 0 Å². The van der Waals surface area contributed by atoms with Crippen molar-refractivity contribution in [1.82, 2.24) is 0 Å². The van der Waals surface area contributed by atoms with Gasteiger partial charge in [-0.3, -0.25) is 43.2 Å². The van der Waals surface area contributed by atoms with Gasteiger partial charge < -0.3 is 105 Å². The molecule has 32 nitrogen and oxygen atoms in total. The molecular formula is C55H78O32. The highest BCUT2D eigenvalue weighted by Gasteiger charge is 2.47. The fourth-order valence-corrected chi connectivity index (χ4v) is 8.71. The molecule has 4 rings (SSSR count). The van der Waals surface area contributed by atoms with Gasteiger partial charge in [-0.05, 0) is 12.1 Å². The van der Waals surface area contributed by atoms with Crippen LogP contribution in [0, 0.1) is 0 Å². The maximum absolute atomic E-state index is 12.4. The highest BCUT2D eigenvalue weighted by molar-refractivity contribution is 5.89. The van der Waals surface area contributed by atoms with Crippen LogP contribution in [0.5, 0.6) is 17.2 Å². The largest absolute Gasteiger partial charge is 0.487 e. The summed E-state index contributed by atoms with van der Waals surface area (Å²) in [6.45, 7) is 8.61. The van der Waals surface area contributed by atoms with Crippen LogP contribution in [0.15, 0.2) is 12.1 Å². The lowest BCUT2D eigenvalue weighted by Crippen LogP contribution is -2.54. The van der Waals surface area contributed by atoms with E-state index in [0.29, 0.717) is 0 Å². The minimum atomic E-state index is -1.34. The molecule has 1 N–H and O–H groups in total. The molecule has 3 saturated heterocycles. The Morgan fingerprint density at radius 3 is 0.920 bits per heavy atom. The van der Waals surface area contributed by atoms with Gasteiger partial charge >= 0.3 is 59.7 Å². The van der Waals surface area contributed by atoms with E-state index in [1.54, 1.807) is 0 Å². The highest BCUT2D eigenvalue weighted by atomic mass is 16.7. The Kier molecular flexibility index (Phi) is 31.9.